The summed E-state index contributed by atoms with van der Waals surface area (Å²) in [6.45, 7) is 6.44. The van der Waals surface area contributed by atoms with Crippen molar-refractivity contribution in [2.24, 2.45) is 5.41 Å². The van der Waals surface area contributed by atoms with E-state index in [2.05, 4.69) is 29.6 Å². The zero-order valence-corrected chi connectivity index (χ0v) is 20.0. The van der Waals surface area contributed by atoms with E-state index < -0.39 is 23.1 Å². The number of hydrogen-bond acceptors (Lipinski definition) is 3. The largest absolute Gasteiger partial charge is 0.354 e. The molecule has 1 aliphatic rings. The highest BCUT2D eigenvalue weighted by Gasteiger charge is 2.39. The van der Waals surface area contributed by atoms with Crippen LogP contribution in [0.4, 0.5) is 0 Å². The van der Waals surface area contributed by atoms with Gasteiger partial charge in [0.1, 0.15) is 6.04 Å². The van der Waals surface area contributed by atoms with Gasteiger partial charge in [0.25, 0.3) is 5.91 Å². The van der Waals surface area contributed by atoms with Crippen molar-refractivity contribution in [2.75, 3.05) is 13.1 Å². The number of likely N-dealkylation sites (tertiary alicyclic amines) is 1. The van der Waals surface area contributed by atoms with E-state index in [0.29, 0.717) is 25.9 Å². The van der Waals surface area contributed by atoms with E-state index in [9.17, 15) is 14.4 Å². The van der Waals surface area contributed by atoms with Crippen LogP contribution < -0.4 is 5.32 Å². The molecule has 1 heterocycles. The van der Waals surface area contributed by atoms with Crippen LogP contribution in [0.25, 0.3) is 0 Å². The summed E-state index contributed by atoms with van der Waals surface area (Å²) in [4.78, 5) is 40.3. The smallest absolute Gasteiger partial charge is 0.291 e. The Bertz CT molecular complexity index is 901. The lowest BCUT2D eigenvalue weighted by Crippen LogP contribution is -2.55. The number of rotatable bonds is 9. The quantitative estimate of drug-likeness (QED) is 0.565. The first kappa shape index (κ1) is 24.7. The Kier molecular flexibility index (Phi) is 8.43. The van der Waals surface area contributed by atoms with Crippen molar-refractivity contribution in [3.8, 4) is 0 Å². The monoisotopic (exact) mass is 448 g/mol. The average molecular weight is 449 g/mol. The Hall–Kier alpha value is -2.95. The van der Waals surface area contributed by atoms with Gasteiger partial charge in [-0.25, -0.2) is 0 Å². The molecule has 0 radical (unpaired) electrons. The number of hydrogen-bond donors (Lipinski definition) is 1. The summed E-state index contributed by atoms with van der Waals surface area (Å²) >= 11 is 0. The van der Waals surface area contributed by atoms with Gasteiger partial charge in [-0.15, -0.1) is 0 Å². The molecule has 0 unspecified atom stereocenters. The minimum Gasteiger partial charge on any atom is -0.354 e. The molecule has 0 bridgehead atoms. The highest BCUT2D eigenvalue weighted by Crippen LogP contribution is 2.28. The molecule has 0 aliphatic carbocycles. The van der Waals surface area contributed by atoms with Crippen LogP contribution in [0.5, 0.6) is 0 Å². The van der Waals surface area contributed by atoms with Gasteiger partial charge in [-0.1, -0.05) is 81.4 Å². The summed E-state index contributed by atoms with van der Waals surface area (Å²) in [6, 6.07) is 20.0. The average Bonchev–Trinajstić information content (AvgIpc) is 2.86. The lowest BCUT2D eigenvalue weighted by molar-refractivity contribution is -0.153. The van der Waals surface area contributed by atoms with Gasteiger partial charge in [0.15, 0.2) is 0 Å². The number of benzene rings is 2. The zero-order valence-electron chi connectivity index (χ0n) is 20.0. The van der Waals surface area contributed by atoms with Crippen LogP contribution in [0.15, 0.2) is 60.7 Å². The standard InChI is InChI=1S/C28H36N2O3/c1-4-28(2,3)25(31)27(33)30-20-12-11-17-24(30)26(32)29-19-18-23(21-13-7-5-8-14-21)22-15-9-6-10-16-22/h5-10,13-16,23-24H,4,11-12,17-20H2,1-3H3,(H,29,32)/t24-/m0/s1. The third-order valence-corrected chi connectivity index (χ3v) is 6.90. The Labute approximate surface area is 197 Å². The van der Waals surface area contributed by atoms with E-state index in [4.69, 9.17) is 0 Å². The number of piperidine rings is 1. The fourth-order valence-corrected chi connectivity index (χ4v) is 4.38. The molecule has 1 fully saturated rings. The maximum Gasteiger partial charge on any atom is 0.291 e. The summed E-state index contributed by atoms with van der Waals surface area (Å²) in [5, 5.41) is 3.05. The fourth-order valence-electron chi connectivity index (χ4n) is 4.38. The number of carbonyl (C=O) groups excluding carboxylic acids is 3. The molecule has 0 spiro atoms. The molecule has 0 aromatic heterocycles. The molecule has 2 aromatic carbocycles. The van der Waals surface area contributed by atoms with Gasteiger partial charge in [0.05, 0.1) is 0 Å². The first-order valence-electron chi connectivity index (χ1n) is 12.1. The summed E-state index contributed by atoms with van der Waals surface area (Å²) in [6.07, 6.45) is 3.63. The van der Waals surface area contributed by atoms with Gasteiger partial charge < -0.3 is 10.2 Å². The van der Waals surface area contributed by atoms with Crippen LogP contribution in [0.1, 0.15) is 69.9 Å². The van der Waals surface area contributed by atoms with Crippen molar-refractivity contribution in [2.45, 2.75) is 64.8 Å². The maximum atomic E-state index is 13.1. The second-order valence-electron chi connectivity index (χ2n) is 9.53. The van der Waals surface area contributed by atoms with E-state index in [-0.39, 0.29) is 11.8 Å². The lowest BCUT2D eigenvalue weighted by atomic mass is 9.84. The third kappa shape index (κ3) is 6.10. The number of amides is 2. The highest BCUT2D eigenvalue weighted by molar-refractivity contribution is 6.38. The number of ketones is 1. The molecule has 5 nitrogen and oxygen atoms in total. The fraction of sp³-hybridized carbons (Fsp3) is 0.464. The van der Waals surface area contributed by atoms with Crippen LogP contribution in [-0.4, -0.2) is 41.6 Å². The van der Waals surface area contributed by atoms with Gasteiger partial charge in [-0.3, -0.25) is 14.4 Å². The molecule has 5 heteroatoms. The lowest BCUT2D eigenvalue weighted by Gasteiger charge is -2.36. The Morgan fingerprint density at radius 2 is 1.55 bits per heavy atom. The van der Waals surface area contributed by atoms with Crippen molar-refractivity contribution in [1.82, 2.24) is 10.2 Å². The predicted octanol–water partition coefficient (Wildman–Crippen LogP) is 4.71. The first-order chi connectivity index (χ1) is 15.8. The topological polar surface area (TPSA) is 66.5 Å². The van der Waals surface area contributed by atoms with E-state index >= 15 is 0 Å². The maximum absolute atomic E-state index is 13.1. The van der Waals surface area contributed by atoms with Crippen LogP contribution in [0.2, 0.25) is 0 Å². The van der Waals surface area contributed by atoms with Crippen LogP contribution in [0, 0.1) is 5.41 Å². The van der Waals surface area contributed by atoms with E-state index in [1.54, 1.807) is 13.8 Å². The van der Waals surface area contributed by atoms with E-state index in [1.165, 1.54) is 16.0 Å². The van der Waals surface area contributed by atoms with Crippen LogP contribution in [0.3, 0.4) is 0 Å². The van der Waals surface area contributed by atoms with Crippen molar-refractivity contribution in [3.05, 3.63) is 71.8 Å². The number of nitrogens with one attached hydrogen (secondary N) is 1. The zero-order chi connectivity index (χ0) is 23.8. The van der Waals surface area contributed by atoms with Crippen molar-refractivity contribution < 1.29 is 14.4 Å². The Morgan fingerprint density at radius 1 is 0.970 bits per heavy atom. The van der Waals surface area contributed by atoms with Crippen LogP contribution >= 0.6 is 0 Å². The van der Waals surface area contributed by atoms with E-state index in [1.807, 2.05) is 43.3 Å². The molecule has 1 saturated heterocycles. The minimum absolute atomic E-state index is 0.162. The van der Waals surface area contributed by atoms with Crippen molar-refractivity contribution in [3.63, 3.8) is 0 Å². The van der Waals surface area contributed by atoms with Gasteiger partial charge in [-0.05, 0) is 43.2 Å². The SMILES string of the molecule is CCC(C)(C)C(=O)C(=O)N1CCCC[C@H]1C(=O)NCCC(c1ccccc1)c1ccccc1. The molecule has 33 heavy (non-hydrogen) atoms. The molecule has 176 valence electrons. The summed E-state index contributed by atoms with van der Waals surface area (Å²) in [7, 11) is 0. The molecule has 1 aliphatic heterocycles. The van der Waals surface area contributed by atoms with Gasteiger partial charge in [0, 0.05) is 24.4 Å². The van der Waals surface area contributed by atoms with Crippen LogP contribution in [-0.2, 0) is 14.4 Å². The Balaban J connectivity index is 1.66. The summed E-state index contributed by atoms with van der Waals surface area (Å²) in [5.74, 6) is -0.917. The number of carbonyl (C=O) groups is 3. The number of nitrogens with zero attached hydrogens (tertiary/aromatic N) is 1. The summed E-state index contributed by atoms with van der Waals surface area (Å²) in [5.41, 5.74) is 1.70. The van der Waals surface area contributed by atoms with Gasteiger partial charge >= 0.3 is 0 Å². The molecule has 3 rings (SSSR count). The first-order valence-corrected chi connectivity index (χ1v) is 12.1. The molecule has 1 N–H and O–H groups in total. The molecule has 0 saturated carbocycles. The molecular weight excluding hydrogens is 412 g/mol. The molecule has 2 amide bonds. The summed E-state index contributed by atoms with van der Waals surface area (Å²) < 4.78 is 0. The minimum atomic E-state index is -0.714. The Morgan fingerprint density at radius 3 is 2.09 bits per heavy atom. The molecular formula is C28H36N2O3. The second kappa shape index (κ2) is 11.3. The predicted molar refractivity (Wildman–Crippen MR) is 131 cm³/mol. The number of Topliss-reactive ketones (excluding diaryl/α,β-unsaturated/α-hetero) is 1. The van der Waals surface area contributed by atoms with Crippen molar-refractivity contribution in [1.29, 1.82) is 0 Å². The highest BCUT2D eigenvalue weighted by atomic mass is 16.2. The third-order valence-electron chi connectivity index (χ3n) is 6.90. The van der Waals surface area contributed by atoms with Gasteiger partial charge in [-0.2, -0.15) is 0 Å². The van der Waals surface area contributed by atoms with Gasteiger partial charge in [0.2, 0.25) is 11.7 Å². The van der Waals surface area contributed by atoms with Crippen molar-refractivity contribution >= 4 is 17.6 Å². The normalized spacial score (nSPS) is 16.5. The second-order valence-corrected chi connectivity index (χ2v) is 9.53. The molecule has 1 atom stereocenters. The van der Waals surface area contributed by atoms with E-state index in [0.717, 1.165) is 19.3 Å². The molecule has 2 aromatic rings.